The van der Waals surface area contributed by atoms with Gasteiger partial charge in [-0.25, -0.2) is 4.98 Å². The summed E-state index contributed by atoms with van der Waals surface area (Å²) in [7, 11) is 0. The molecule has 1 saturated heterocycles. The molecule has 0 aromatic carbocycles. The maximum absolute atomic E-state index is 11.2. The molecule has 1 aromatic rings. The van der Waals surface area contributed by atoms with Crippen LogP contribution in [0.5, 0.6) is 0 Å². The fourth-order valence-electron chi connectivity index (χ4n) is 1.62. The van der Waals surface area contributed by atoms with Gasteiger partial charge in [0.25, 0.3) is 0 Å². The Morgan fingerprint density at radius 1 is 1.62 bits per heavy atom. The summed E-state index contributed by atoms with van der Waals surface area (Å²) in [5.41, 5.74) is 6.63. The molecule has 2 rings (SSSR count). The summed E-state index contributed by atoms with van der Waals surface area (Å²) < 4.78 is 0. The van der Waals surface area contributed by atoms with Crippen LogP contribution in [0.2, 0.25) is 0 Å². The number of carbonyl (C=O) groups is 1. The number of anilines is 2. The first-order chi connectivity index (χ1) is 7.70. The van der Waals surface area contributed by atoms with Crippen molar-refractivity contribution in [2.75, 3.05) is 30.3 Å². The molecule has 0 atom stereocenters. The van der Waals surface area contributed by atoms with E-state index in [2.05, 4.69) is 10.3 Å². The number of nitrogens with zero attached hydrogens (tertiary/aromatic N) is 3. The van der Waals surface area contributed by atoms with E-state index < -0.39 is 0 Å². The van der Waals surface area contributed by atoms with Crippen LogP contribution in [0.15, 0.2) is 12.3 Å². The minimum absolute atomic E-state index is 0.0446. The molecule has 1 aromatic heterocycles. The molecule has 1 fully saturated rings. The maximum atomic E-state index is 11.2. The lowest BCUT2D eigenvalue weighted by Crippen LogP contribution is -2.48. The molecule has 1 aliphatic rings. The number of nitriles is 1. The van der Waals surface area contributed by atoms with E-state index in [9.17, 15) is 4.79 Å². The van der Waals surface area contributed by atoms with Crippen molar-refractivity contribution < 1.29 is 4.79 Å². The molecular formula is C10H11N5O. The van der Waals surface area contributed by atoms with Gasteiger partial charge in [-0.2, -0.15) is 5.26 Å². The highest BCUT2D eigenvalue weighted by molar-refractivity contribution is 5.83. The van der Waals surface area contributed by atoms with Gasteiger partial charge in [-0.15, -0.1) is 0 Å². The standard InChI is InChI=1S/C10H11N5O/c11-4-7-3-8(12)10(14-5-7)15-2-1-13-9(16)6-15/h3,5H,1-2,6,12H2,(H,13,16). The largest absolute Gasteiger partial charge is 0.396 e. The maximum Gasteiger partial charge on any atom is 0.239 e. The van der Waals surface area contributed by atoms with Crippen LogP contribution in [0.25, 0.3) is 0 Å². The Bertz CT molecular complexity index is 465. The van der Waals surface area contributed by atoms with Gasteiger partial charge in [0, 0.05) is 19.3 Å². The molecule has 6 heteroatoms. The number of amides is 1. The van der Waals surface area contributed by atoms with Crippen LogP contribution in [-0.4, -0.2) is 30.5 Å². The number of piperazine rings is 1. The summed E-state index contributed by atoms with van der Waals surface area (Å²) in [5, 5.41) is 11.4. The molecule has 1 aliphatic heterocycles. The zero-order chi connectivity index (χ0) is 11.5. The lowest BCUT2D eigenvalue weighted by molar-refractivity contribution is -0.120. The molecule has 16 heavy (non-hydrogen) atoms. The number of nitrogen functional groups attached to an aromatic ring is 1. The Labute approximate surface area is 92.7 Å². The topological polar surface area (TPSA) is 95.0 Å². The summed E-state index contributed by atoms with van der Waals surface area (Å²) in [6.07, 6.45) is 1.46. The van der Waals surface area contributed by atoms with Crippen LogP contribution in [-0.2, 0) is 4.79 Å². The molecule has 0 spiro atoms. The van der Waals surface area contributed by atoms with Crippen molar-refractivity contribution in [2.24, 2.45) is 0 Å². The minimum Gasteiger partial charge on any atom is -0.396 e. The normalized spacial score (nSPS) is 15.4. The Morgan fingerprint density at radius 3 is 3.06 bits per heavy atom. The van der Waals surface area contributed by atoms with Crippen molar-refractivity contribution in [3.05, 3.63) is 17.8 Å². The van der Waals surface area contributed by atoms with E-state index in [1.165, 1.54) is 6.20 Å². The Kier molecular flexibility index (Phi) is 2.60. The van der Waals surface area contributed by atoms with Gasteiger partial charge in [0.2, 0.25) is 5.91 Å². The molecule has 3 N–H and O–H groups in total. The molecule has 1 amide bonds. The van der Waals surface area contributed by atoms with Crippen molar-refractivity contribution >= 4 is 17.4 Å². The third-order valence-electron chi connectivity index (χ3n) is 2.36. The highest BCUT2D eigenvalue weighted by Gasteiger charge is 2.19. The second kappa shape index (κ2) is 4.06. The predicted octanol–water partition coefficient (Wildman–Crippen LogP) is -0.528. The average molecular weight is 217 g/mol. The van der Waals surface area contributed by atoms with E-state index in [4.69, 9.17) is 11.0 Å². The highest BCUT2D eigenvalue weighted by atomic mass is 16.2. The molecule has 0 unspecified atom stereocenters. The smallest absolute Gasteiger partial charge is 0.239 e. The Hall–Kier alpha value is -2.29. The van der Waals surface area contributed by atoms with E-state index >= 15 is 0 Å². The summed E-state index contributed by atoms with van der Waals surface area (Å²) in [6, 6.07) is 3.53. The van der Waals surface area contributed by atoms with Gasteiger partial charge in [0.1, 0.15) is 6.07 Å². The third-order valence-corrected chi connectivity index (χ3v) is 2.36. The van der Waals surface area contributed by atoms with Gasteiger partial charge in [-0.3, -0.25) is 4.79 Å². The molecule has 2 heterocycles. The van der Waals surface area contributed by atoms with Crippen LogP contribution in [0, 0.1) is 11.3 Å². The van der Waals surface area contributed by atoms with E-state index in [0.29, 0.717) is 30.2 Å². The first-order valence-corrected chi connectivity index (χ1v) is 4.88. The zero-order valence-corrected chi connectivity index (χ0v) is 8.60. The van der Waals surface area contributed by atoms with Crippen LogP contribution in [0.3, 0.4) is 0 Å². The number of hydrogen-bond donors (Lipinski definition) is 2. The van der Waals surface area contributed by atoms with Gasteiger partial charge in [0.15, 0.2) is 5.82 Å². The number of carbonyl (C=O) groups excluding carboxylic acids is 1. The van der Waals surface area contributed by atoms with Crippen molar-refractivity contribution in [3.63, 3.8) is 0 Å². The van der Waals surface area contributed by atoms with E-state index in [0.717, 1.165) is 0 Å². The fraction of sp³-hybridized carbons (Fsp3) is 0.300. The number of nitrogens with one attached hydrogen (secondary N) is 1. The summed E-state index contributed by atoms with van der Waals surface area (Å²) in [4.78, 5) is 17.1. The Morgan fingerprint density at radius 2 is 2.44 bits per heavy atom. The van der Waals surface area contributed by atoms with Gasteiger partial charge >= 0.3 is 0 Å². The summed E-state index contributed by atoms with van der Waals surface area (Å²) >= 11 is 0. The van der Waals surface area contributed by atoms with E-state index in [1.54, 1.807) is 11.0 Å². The average Bonchev–Trinajstić information content (AvgIpc) is 2.28. The number of aromatic nitrogens is 1. The van der Waals surface area contributed by atoms with Crippen molar-refractivity contribution in [2.45, 2.75) is 0 Å². The Balaban J connectivity index is 2.27. The molecule has 6 nitrogen and oxygen atoms in total. The SMILES string of the molecule is N#Cc1cnc(N2CCNC(=O)C2)c(N)c1. The number of rotatable bonds is 1. The van der Waals surface area contributed by atoms with Gasteiger partial charge in [-0.1, -0.05) is 0 Å². The molecular weight excluding hydrogens is 206 g/mol. The van der Waals surface area contributed by atoms with Crippen LogP contribution < -0.4 is 16.0 Å². The van der Waals surface area contributed by atoms with Gasteiger partial charge in [0.05, 0.1) is 17.8 Å². The highest BCUT2D eigenvalue weighted by Crippen LogP contribution is 2.21. The van der Waals surface area contributed by atoms with Gasteiger partial charge in [-0.05, 0) is 6.07 Å². The quantitative estimate of drug-likeness (QED) is 0.659. The van der Waals surface area contributed by atoms with Crippen molar-refractivity contribution in [1.29, 1.82) is 5.26 Å². The molecule has 0 saturated carbocycles. The fourth-order valence-corrected chi connectivity index (χ4v) is 1.62. The summed E-state index contributed by atoms with van der Waals surface area (Å²) in [5.74, 6) is 0.519. The lowest BCUT2D eigenvalue weighted by Gasteiger charge is -2.28. The van der Waals surface area contributed by atoms with Crippen LogP contribution in [0.1, 0.15) is 5.56 Å². The molecule has 0 aliphatic carbocycles. The van der Waals surface area contributed by atoms with Crippen molar-refractivity contribution in [1.82, 2.24) is 10.3 Å². The van der Waals surface area contributed by atoms with Crippen molar-refractivity contribution in [3.8, 4) is 6.07 Å². The lowest BCUT2D eigenvalue weighted by atomic mass is 10.2. The predicted molar refractivity (Wildman–Crippen MR) is 58.6 cm³/mol. The number of nitrogens with two attached hydrogens (primary N) is 1. The van der Waals surface area contributed by atoms with E-state index in [-0.39, 0.29) is 12.5 Å². The molecule has 0 bridgehead atoms. The van der Waals surface area contributed by atoms with Gasteiger partial charge < -0.3 is 16.0 Å². The summed E-state index contributed by atoms with van der Waals surface area (Å²) in [6.45, 7) is 1.51. The number of hydrogen-bond acceptors (Lipinski definition) is 5. The minimum atomic E-state index is -0.0446. The molecule has 0 radical (unpaired) electrons. The van der Waals surface area contributed by atoms with E-state index in [1.807, 2.05) is 6.07 Å². The monoisotopic (exact) mass is 217 g/mol. The second-order valence-corrected chi connectivity index (χ2v) is 3.52. The van der Waals surface area contributed by atoms with Crippen LogP contribution >= 0.6 is 0 Å². The van der Waals surface area contributed by atoms with Crippen LogP contribution in [0.4, 0.5) is 11.5 Å². The molecule has 82 valence electrons. The zero-order valence-electron chi connectivity index (χ0n) is 8.60. The first-order valence-electron chi connectivity index (χ1n) is 4.88. The second-order valence-electron chi connectivity index (χ2n) is 3.52. The third kappa shape index (κ3) is 1.88. The number of pyridine rings is 1. The first kappa shape index (κ1) is 10.2.